The Kier molecular flexibility index (Phi) is 6.97. The molecule has 0 atom stereocenters. The number of carbonyl (C=O) groups is 1. The average Bonchev–Trinajstić information content (AvgIpc) is 2.81. The van der Waals surface area contributed by atoms with Crippen molar-refractivity contribution in [2.45, 2.75) is 50.4 Å². The van der Waals surface area contributed by atoms with Crippen LogP contribution in [0.15, 0.2) is 41.3 Å². The van der Waals surface area contributed by atoms with E-state index in [1.807, 2.05) is 12.1 Å². The summed E-state index contributed by atoms with van der Waals surface area (Å²) < 4.78 is 18.2. The fraction of sp³-hybridized carbons (Fsp3) is 0.545. The number of halogens is 1. The molecule has 3 saturated carbocycles. The van der Waals surface area contributed by atoms with Crippen molar-refractivity contribution in [1.82, 2.24) is 5.32 Å². The van der Waals surface area contributed by atoms with Gasteiger partial charge in [0, 0.05) is 30.5 Å². The topological polar surface area (TPSA) is 129 Å². The van der Waals surface area contributed by atoms with E-state index in [1.54, 1.807) is 0 Å². The summed E-state index contributed by atoms with van der Waals surface area (Å²) >= 11 is 0. The molecular formula is C22H32FN5O2. The zero-order chi connectivity index (χ0) is 21.6. The van der Waals surface area contributed by atoms with E-state index < -0.39 is 0 Å². The number of carbonyl (C=O) groups excluding carboxylic acids is 1. The number of nitrogens with one attached hydrogen (secondary N) is 1. The predicted octanol–water partition coefficient (Wildman–Crippen LogP) is 2.21. The van der Waals surface area contributed by atoms with Gasteiger partial charge in [-0.15, -0.1) is 0 Å². The standard InChI is InChI=1S/C22H32FN5O2/c23-13-16(14-24)15-30-18-3-1-17(2-4-18)21-6-9-22(10-7-21,11-8-21)20(29)27-12-5-19(25)28-26/h1-4,13H,5-12,14-15,24,26H2,(H2,25,28)(H,27,29)/b16-13+. The number of benzene rings is 1. The number of ether oxygens (including phenoxy) is 1. The van der Waals surface area contributed by atoms with Gasteiger partial charge in [0.1, 0.15) is 18.2 Å². The average molecular weight is 418 g/mol. The van der Waals surface area contributed by atoms with E-state index in [-0.39, 0.29) is 29.9 Å². The lowest BCUT2D eigenvalue weighted by atomic mass is 9.51. The molecule has 3 fully saturated rings. The van der Waals surface area contributed by atoms with Gasteiger partial charge >= 0.3 is 0 Å². The summed E-state index contributed by atoms with van der Waals surface area (Å²) in [6.45, 7) is 0.752. The molecule has 30 heavy (non-hydrogen) atoms. The second-order valence-corrected chi connectivity index (χ2v) is 8.47. The van der Waals surface area contributed by atoms with Gasteiger partial charge in [-0.2, -0.15) is 5.10 Å². The number of amidine groups is 1. The number of hydrogen-bond donors (Lipinski definition) is 4. The highest BCUT2D eigenvalue weighted by molar-refractivity contribution is 5.84. The molecule has 0 unspecified atom stereocenters. The van der Waals surface area contributed by atoms with Crippen LogP contribution >= 0.6 is 0 Å². The Morgan fingerprint density at radius 1 is 1.17 bits per heavy atom. The van der Waals surface area contributed by atoms with E-state index in [1.165, 1.54) is 5.56 Å². The highest BCUT2D eigenvalue weighted by atomic mass is 19.1. The van der Waals surface area contributed by atoms with Crippen LogP contribution in [0.25, 0.3) is 0 Å². The lowest BCUT2D eigenvalue weighted by Gasteiger charge is -2.52. The van der Waals surface area contributed by atoms with Crippen molar-refractivity contribution in [2.24, 2.45) is 27.8 Å². The third-order valence-corrected chi connectivity index (χ3v) is 6.87. The fourth-order valence-electron chi connectivity index (χ4n) is 4.73. The second-order valence-electron chi connectivity index (χ2n) is 8.47. The summed E-state index contributed by atoms with van der Waals surface area (Å²) in [6, 6.07) is 8.07. The molecule has 0 aromatic heterocycles. The summed E-state index contributed by atoms with van der Waals surface area (Å²) in [5, 5.41) is 6.44. The Balaban J connectivity index is 1.57. The Bertz CT molecular complexity index is 782. The summed E-state index contributed by atoms with van der Waals surface area (Å²) in [4.78, 5) is 12.8. The van der Waals surface area contributed by atoms with Crippen molar-refractivity contribution >= 4 is 11.7 Å². The number of amides is 1. The molecule has 8 heteroatoms. The van der Waals surface area contributed by atoms with E-state index in [9.17, 15) is 9.18 Å². The molecule has 0 aliphatic heterocycles. The van der Waals surface area contributed by atoms with Crippen molar-refractivity contribution in [2.75, 3.05) is 19.7 Å². The lowest BCUT2D eigenvalue weighted by Crippen LogP contribution is -2.52. The van der Waals surface area contributed by atoms with E-state index in [0.29, 0.717) is 36.5 Å². The monoisotopic (exact) mass is 417 g/mol. The minimum Gasteiger partial charge on any atom is -0.489 e. The minimum absolute atomic E-state index is 0.123. The van der Waals surface area contributed by atoms with Gasteiger partial charge in [0.25, 0.3) is 0 Å². The zero-order valence-corrected chi connectivity index (χ0v) is 17.3. The first-order valence-electron chi connectivity index (χ1n) is 10.5. The summed E-state index contributed by atoms with van der Waals surface area (Å²) in [7, 11) is 0. The van der Waals surface area contributed by atoms with Crippen LogP contribution in [0.2, 0.25) is 0 Å². The predicted molar refractivity (Wildman–Crippen MR) is 115 cm³/mol. The van der Waals surface area contributed by atoms with Gasteiger partial charge in [0.15, 0.2) is 0 Å². The maximum atomic E-state index is 12.8. The Morgan fingerprint density at radius 3 is 2.33 bits per heavy atom. The van der Waals surface area contributed by atoms with Crippen LogP contribution in [0, 0.1) is 5.41 Å². The van der Waals surface area contributed by atoms with Gasteiger partial charge < -0.3 is 27.4 Å². The van der Waals surface area contributed by atoms with Crippen molar-refractivity contribution < 1.29 is 13.9 Å². The summed E-state index contributed by atoms with van der Waals surface area (Å²) in [6.07, 6.45) is 6.61. The first-order valence-corrected chi connectivity index (χ1v) is 10.5. The van der Waals surface area contributed by atoms with Crippen molar-refractivity contribution in [3.8, 4) is 5.75 Å². The van der Waals surface area contributed by atoms with Crippen LogP contribution in [-0.4, -0.2) is 31.4 Å². The Hall–Kier alpha value is -2.61. The molecule has 3 aliphatic rings. The van der Waals surface area contributed by atoms with E-state index in [4.69, 9.17) is 22.0 Å². The molecular weight excluding hydrogens is 385 g/mol. The van der Waals surface area contributed by atoms with Crippen LogP contribution in [0.5, 0.6) is 5.75 Å². The maximum Gasteiger partial charge on any atom is 0.226 e. The van der Waals surface area contributed by atoms with E-state index in [2.05, 4.69) is 22.6 Å². The Labute approximate surface area is 176 Å². The van der Waals surface area contributed by atoms with Gasteiger partial charge in [-0.1, -0.05) is 12.1 Å². The largest absolute Gasteiger partial charge is 0.489 e. The number of nitrogens with zero attached hydrogens (tertiary/aromatic N) is 1. The molecule has 0 saturated heterocycles. The highest BCUT2D eigenvalue weighted by Gasteiger charge is 2.52. The van der Waals surface area contributed by atoms with E-state index >= 15 is 0 Å². The summed E-state index contributed by atoms with van der Waals surface area (Å²) in [5.74, 6) is 6.30. The van der Waals surface area contributed by atoms with Crippen LogP contribution < -0.4 is 27.4 Å². The molecule has 0 spiro atoms. The number of nitrogens with two attached hydrogens (primary N) is 3. The first-order chi connectivity index (χ1) is 14.5. The molecule has 0 radical (unpaired) electrons. The SMILES string of the molecule is NC/C(=C\F)COc1ccc(C23CCC(C(=O)NCC/C(N)=N/N)(CC2)CC3)cc1. The molecule has 1 aromatic rings. The van der Waals surface area contributed by atoms with Crippen molar-refractivity contribution in [1.29, 1.82) is 0 Å². The van der Waals surface area contributed by atoms with Crippen LogP contribution in [0.4, 0.5) is 4.39 Å². The molecule has 0 heterocycles. The molecule has 7 N–H and O–H groups in total. The van der Waals surface area contributed by atoms with Crippen LogP contribution in [-0.2, 0) is 10.2 Å². The molecule has 164 valence electrons. The van der Waals surface area contributed by atoms with Crippen LogP contribution in [0.3, 0.4) is 0 Å². The molecule has 7 nitrogen and oxygen atoms in total. The normalized spacial score (nSPS) is 26.5. The minimum atomic E-state index is -0.267. The summed E-state index contributed by atoms with van der Waals surface area (Å²) in [5.41, 5.74) is 12.6. The van der Waals surface area contributed by atoms with Gasteiger partial charge in [0.2, 0.25) is 5.91 Å². The molecule has 4 rings (SSSR count). The Morgan fingerprint density at radius 2 is 1.80 bits per heavy atom. The number of hydrazone groups is 1. The molecule has 1 aromatic carbocycles. The molecule has 1 amide bonds. The fourth-order valence-corrected chi connectivity index (χ4v) is 4.73. The smallest absolute Gasteiger partial charge is 0.226 e. The van der Waals surface area contributed by atoms with E-state index in [0.717, 1.165) is 38.5 Å². The zero-order valence-electron chi connectivity index (χ0n) is 17.3. The lowest BCUT2D eigenvalue weighted by molar-refractivity contribution is -0.137. The third kappa shape index (κ3) is 4.59. The van der Waals surface area contributed by atoms with Crippen molar-refractivity contribution in [3.05, 3.63) is 41.7 Å². The first kappa shape index (κ1) is 22.1. The number of hydrogen-bond acceptors (Lipinski definition) is 5. The highest BCUT2D eigenvalue weighted by Crippen LogP contribution is 2.57. The van der Waals surface area contributed by atoms with Gasteiger partial charge in [-0.3, -0.25) is 4.79 Å². The second kappa shape index (κ2) is 9.47. The number of fused-ring (bicyclic) bond motifs is 3. The number of rotatable bonds is 9. The van der Waals surface area contributed by atoms with Gasteiger partial charge in [0.05, 0.1) is 6.33 Å². The maximum absolute atomic E-state index is 12.8. The third-order valence-electron chi connectivity index (χ3n) is 6.87. The molecule has 2 bridgehead atoms. The van der Waals surface area contributed by atoms with Crippen molar-refractivity contribution in [3.63, 3.8) is 0 Å². The quantitative estimate of drug-likeness (QED) is 0.212. The molecule has 3 aliphatic carbocycles. The van der Waals surface area contributed by atoms with Crippen LogP contribution in [0.1, 0.15) is 50.5 Å². The van der Waals surface area contributed by atoms with Gasteiger partial charge in [-0.05, 0) is 61.6 Å². The van der Waals surface area contributed by atoms with Gasteiger partial charge in [-0.25, -0.2) is 4.39 Å².